The van der Waals surface area contributed by atoms with Crippen molar-refractivity contribution in [1.82, 2.24) is 0 Å². The molecule has 306 valence electrons. The van der Waals surface area contributed by atoms with Crippen LogP contribution in [0.5, 0.6) is 0 Å². The van der Waals surface area contributed by atoms with Gasteiger partial charge >= 0.3 is 0 Å². The van der Waals surface area contributed by atoms with Crippen LogP contribution in [0.25, 0.3) is 0 Å². The number of benzene rings is 5. The Morgan fingerprint density at radius 1 is 0.414 bits per heavy atom. The van der Waals surface area contributed by atoms with Gasteiger partial charge in [0, 0.05) is 11.8 Å². The molecule has 1 N–H and O–H groups in total. The van der Waals surface area contributed by atoms with E-state index in [1.807, 2.05) is 146 Å². The quantitative estimate of drug-likeness (QED) is 0.0888. The maximum atomic E-state index is 10.6. The summed E-state index contributed by atoms with van der Waals surface area (Å²) in [5, 5.41) is 10.6. The summed E-state index contributed by atoms with van der Waals surface area (Å²) in [6, 6.07) is 50.3. The fourth-order valence-corrected chi connectivity index (χ4v) is 7.62. The van der Waals surface area contributed by atoms with Gasteiger partial charge in [0.25, 0.3) is 0 Å². The lowest BCUT2D eigenvalue weighted by atomic mass is 9.89. The molecule has 2 saturated heterocycles. The van der Waals surface area contributed by atoms with Crippen molar-refractivity contribution in [2.24, 2.45) is 11.8 Å². The zero-order valence-electron chi connectivity index (χ0n) is 33.4. The molecule has 7 rings (SSSR count). The van der Waals surface area contributed by atoms with E-state index in [4.69, 9.17) is 37.9 Å². The molecule has 0 aromatic heterocycles. The van der Waals surface area contributed by atoms with E-state index >= 15 is 0 Å². The van der Waals surface area contributed by atoms with Crippen LogP contribution < -0.4 is 0 Å². The second-order valence-electron chi connectivity index (χ2n) is 15.2. The molecular weight excluding hydrogens is 733 g/mol. The molecule has 0 bridgehead atoms. The van der Waals surface area contributed by atoms with Crippen LogP contribution in [-0.4, -0.2) is 67.5 Å². The second kappa shape index (κ2) is 21.7. The normalized spacial score (nSPS) is 27.3. The van der Waals surface area contributed by atoms with Crippen molar-refractivity contribution in [3.8, 4) is 0 Å². The molecule has 10 atom stereocenters. The van der Waals surface area contributed by atoms with Gasteiger partial charge in [0.15, 0.2) is 12.6 Å². The van der Waals surface area contributed by atoms with Crippen molar-refractivity contribution < 1.29 is 43.0 Å². The molecule has 0 saturated carbocycles. The smallest absolute Gasteiger partial charge is 0.189 e. The van der Waals surface area contributed by atoms with E-state index in [9.17, 15) is 5.11 Å². The highest BCUT2D eigenvalue weighted by Crippen LogP contribution is 2.38. The molecule has 5 aromatic carbocycles. The van der Waals surface area contributed by atoms with E-state index in [2.05, 4.69) is 19.1 Å². The highest BCUT2D eigenvalue weighted by molar-refractivity contribution is 5.17. The van der Waals surface area contributed by atoms with E-state index in [-0.39, 0.29) is 25.0 Å². The number of hydrogen-bond acceptors (Lipinski definition) is 9. The van der Waals surface area contributed by atoms with Crippen LogP contribution in [0, 0.1) is 11.8 Å². The maximum absolute atomic E-state index is 10.6. The van der Waals surface area contributed by atoms with Crippen LogP contribution in [0.15, 0.2) is 152 Å². The minimum atomic E-state index is -0.951. The Kier molecular flexibility index (Phi) is 15.6. The molecule has 5 aromatic rings. The summed E-state index contributed by atoms with van der Waals surface area (Å²) in [5.74, 6) is -0.542. The zero-order chi connectivity index (χ0) is 39.9. The van der Waals surface area contributed by atoms with Crippen molar-refractivity contribution in [2.45, 2.75) is 96.1 Å². The van der Waals surface area contributed by atoms with Gasteiger partial charge in [-0.3, -0.25) is 0 Å². The Morgan fingerprint density at radius 3 is 1.21 bits per heavy atom. The molecule has 0 amide bonds. The molecule has 5 unspecified atom stereocenters. The predicted molar refractivity (Wildman–Crippen MR) is 220 cm³/mol. The van der Waals surface area contributed by atoms with Gasteiger partial charge in [-0.05, 0) is 27.8 Å². The number of aliphatic hydroxyl groups is 1. The molecule has 0 spiro atoms. The Hall–Kier alpha value is -4.26. The Morgan fingerprint density at radius 2 is 0.776 bits per heavy atom. The number of rotatable bonds is 19. The Balaban J connectivity index is 1.17. The van der Waals surface area contributed by atoms with Gasteiger partial charge in [0.2, 0.25) is 0 Å². The molecule has 9 nitrogen and oxygen atoms in total. The van der Waals surface area contributed by atoms with E-state index < -0.39 is 49.2 Å². The number of hydrogen-bond donors (Lipinski definition) is 1. The molecule has 2 fully saturated rings. The fraction of sp³-hybridized carbons (Fsp3) is 0.388. The average molecular weight is 789 g/mol. The largest absolute Gasteiger partial charge is 0.394 e. The summed E-state index contributed by atoms with van der Waals surface area (Å²) in [5.41, 5.74) is 5.17. The summed E-state index contributed by atoms with van der Waals surface area (Å²) >= 11 is 0. The zero-order valence-corrected chi connectivity index (χ0v) is 33.4. The van der Waals surface area contributed by atoms with Crippen molar-refractivity contribution in [1.29, 1.82) is 0 Å². The summed E-state index contributed by atoms with van der Waals surface area (Å²) in [7, 11) is 0. The molecular formula is C49H56O9. The summed E-state index contributed by atoms with van der Waals surface area (Å²) in [4.78, 5) is 0. The highest BCUT2D eigenvalue weighted by Gasteiger charge is 2.51. The van der Waals surface area contributed by atoms with E-state index in [1.54, 1.807) is 0 Å². The summed E-state index contributed by atoms with van der Waals surface area (Å²) in [6.07, 6.45) is -5.02. The van der Waals surface area contributed by atoms with Gasteiger partial charge < -0.3 is 43.0 Å². The lowest BCUT2D eigenvalue weighted by molar-refractivity contribution is -0.377. The average Bonchev–Trinajstić information content (AvgIpc) is 3.27. The molecule has 0 aliphatic carbocycles. The van der Waals surface area contributed by atoms with Crippen LogP contribution in [0.2, 0.25) is 0 Å². The maximum Gasteiger partial charge on any atom is 0.189 e. The molecule has 9 heteroatoms. The Labute approximate surface area is 342 Å². The first-order valence-electron chi connectivity index (χ1n) is 20.4. The van der Waals surface area contributed by atoms with Crippen molar-refractivity contribution in [3.05, 3.63) is 179 Å². The summed E-state index contributed by atoms with van der Waals surface area (Å²) < 4.78 is 53.7. The third-order valence-electron chi connectivity index (χ3n) is 10.9. The summed E-state index contributed by atoms with van der Waals surface area (Å²) in [6.45, 7) is 5.90. The molecule has 58 heavy (non-hydrogen) atoms. The van der Waals surface area contributed by atoms with Gasteiger partial charge in [-0.25, -0.2) is 0 Å². The van der Waals surface area contributed by atoms with Gasteiger partial charge in [-0.1, -0.05) is 166 Å². The van der Waals surface area contributed by atoms with Gasteiger partial charge in [0.1, 0.15) is 18.3 Å². The van der Waals surface area contributed by atoms with E-state index in [0.29, 0.717) is 33.0 Å². The minimum Gasteiger partial charge on any atom is -0.394 e. The van der Waals surface area contributed by atoms with Crippen LogP contribution in [0.4, 0.5) is 0 Å². The predicted octanol–water partition coefficient (Wildman–Crippen LogP) is 8.28. The van der Waals surface area contributed by atoms with Crippen molar-refractivity contribution >= 4 is 0 Å². The van der Waals surface area contributed by atoms with E-state index in [0.717, 1.165) is 27.8 Å². The third kappa shape index (κ3) is 11.5. The molecule has 2 heterocycles. The first-order valence-corrected chi connectivity index (χ1v) is 20.4. The van der Waals surface area contributed by atoms with Crippen LogP contribution in [-0.2, 0) is 70.9 Å². The number of aliphatic hydroxyl groups excluding tert-OH is 1. The van der Waals surface area contributed by atoms with Gasteiger partial charge in [0.05, 0.1) is 64.6 Å². The lowest BCUT2D eigenvalue weighted by Crippen LogP contribution is -2.61. The monoisotopic (exact) mass is 788 g/mol. The van der Waals surface area contributed by atoms with Gasteiger partial charge in [-0.15, -0.1) is 0 Å². The first kappa shape index (κ1) is 41.9. The van der Waals surface area contributed by atoms with Crippen molar-refractivity contribution in [3.63, 3.8) is 0 Å². The molecule has 2 aliphatic heterocycles. The topological polar surface area (TPSA) is 94.1 Å². The molecule has 0 radical (unpaired) electrons. The highest BCUT2D eigenvalue weighted by atomic mass is 16.8. The van der Waals surface area contributed by atoms with Crippen LogP contribution in [0.3, 0.4) is 0 Å². The van der Waals surface area contributed by atoms with Gasteiger partial charge in [-0.2, -0.15) is 0 Å². The Bertz CT molecular complexity index is 1870. The van der Waals surface area contributed by atoms with Crippen LogP contribution in [0.1, 0.15) is 41.7 Å². The lowest BCUT2D eigenvalue weighted by Gasteiger charge is -2.49. The van der Waals surface area contributed by atoms with Crippen LogP contribution >= 0.6 is 0 Å². The third-order valence-corrected chi connectivity index (χ3v) is 10.9. The molecule has 2 aliphatic rings. The second-order valence-corrected chi connectivity index (χ2v) is 15.2. The number of ether oxygens (including phenoxy) is 8. The minimum absolute atomic E-state index is 0.212. The van der Waals surface area contributed by atoms with Crippen molar-refractivity contribution in [2.75, 3.05) is 13.2 Å². The SMILES string of the molecule is CC1C(OCc2ccccc2)[C@H](OCc2ccccc2)C(COCc2ccccc2)O[C@@H]1O[C@H]1OC(CO)[C@@H](C)[C@H](OCc2ccccc2)C1OCc1ccccc1. The fourth-order valence-electron chi connectivity index (χ4n) is 7.62. The first-order chi connectivity index (χ1) is 28.6. The standard InChI is InChI=1S/C49H56O9/c1-35-42(28-50)56-49(47(55-33-41-26-16-7-17-27-41)44(35)52-30-38-20-10-4-11-21-38)58-48-36(2)45(53-31-39-22-12-5-13-23-39)46(54-32-40-24-14-6-15-25-40)43(57-48)34-51-29-37-18-8-3-9-19-37/h3-27,35-36,42-50H,28-34H2,1-2H3/t35-,36?,42?,43?,44+,45?,46-,47?,48-,49-/m1/s1. The van der Waals surface area contributed by atoms with E-state index in [1.165, 1.54) is 0 Å².